The molecule has 178 valence electrons. The summed E-state index contributed by atoms with van der Waals surface area (Å²) < 4.78 is 5.02. The van der Waals surface area contributed by atoms with Crippen molar-refractivity contribution in [3.8, 4) is 11.9 Å². The first-order chi connectivity index (χ1) is 16.7. The molecule has 3 aromatic rings. The van der Waals surface area contributed by atoms with Crippen molar-refractivity contribution < 1.29 is 19.1 Å². The highest BCUT2D eigenvalue weighted by molar-refractivity contribution is 6.30. The van der Waals surface area contributed by atoms with Gasteiger partial charge in [0, 0.05) is 42.6 Å². The summed E-state index contributed by atoms with van der Waals surface area (Å²) in [6.45, 7) is 0.0517. The van der Waals surface area contributed by atoms with Crippen LogP contribution < -0.4 is 9.64 Å². The van der Waals surface area contributed by atoms with Gasteiger partial charge in [-0.3, -0.25) is 14.4 Å². The van der Waals surface area contributed by atoms with Gasteiger partial charge in [-0.2, -0.15) is 10.2 Å². The largest absolute Gasteiger partial charge is 0.481 e. The number of hydrogen-bond donors (Lipinski definition) is 0. The van der Waals surface area contributed by atoms with Crippen LogP contribution >= 0.6 is 11.6 Å². The molecule has 0 aliphatic rings. The summed E-state index contributed by atoms with van der Waals surface area (Å²) >= 11 is 6.12. The van der Waals surface area contributed by atoms with Crippen LogP contribution in [0.4, 0.5) is 5.69 Å². The Morgan fingerprint density at radius 3 is 2.54 bits per heavy atom. The summed E-state index contributed by atoms with van der Waals surface area (Å²) in [6.07, 6.45) is 0.824. The average molecular weight is 492 g/mol. The second-order valence-electron chi connectivity index (χ2n) is 7.71. The number of amides is 2. The molecular formula is C25H22ClN5O4. The standard InChI is InChI=1S/C25H22ClN5O4/c1-30(2)25(34)18-9-17(14-27)11-20(12-18)31(15-16-5-4-6-19(26)10-16)23(33)13-21(32)24-28-8-7-22(29-24)35-3/h4-12H,13,15H2,1-3H3. The maximum atomic E-state index is 13.4. The Bertz CT molecular complexity index is 1320. The van der Waals surface area contributed by atoms with Crippen molar-refractivity contribution in [2.75, 3.05) is 26.1 Å². The third-order valence-corrected chi connectivity index (χ3v) is 5.18. The van der Waals surface area contributed by atoms with Crippen LogP contribution in [0, 0.1) is 11.3 Å². The first-order valence-electron chi connectivity index (χ1n) is 10.4. The number of halogens is 1. The van der Waals surface area contributed by atoms with Crippen LogP contribution in [0.25, 0.3) is 0 Å². The zero-order valence-corrected chi connectivity index (χ0v) is 20.1. The van der Waals surface area contributed by atoms with Crippen molar-refractivity contribution in [3.05, 3.63) is 82.3 Å². The van der Waals surface area contributed by atoms with Crippen LogP contribution in [0.2, 0.25) is 5.02 Å². The van der Waals surface area contributed by atoms with Crippen LogP contribution in [-0.2, 0) is 11.3 Å². The number of hydrogen-bond acceptors (Lipinski definition) is 7. The van der Waals surface area contributed by atoms with Gasteiger partial charge in [-0.25, -0.2) is 4.98 Å². The molecule has 0 unspecified atom stereocenters. The SMILES string of the molecule is COc1ccnc(C(=O)CC(=O)N(Cc2cccc(Cl)c2)c2cc(C#N)cc(C(=O)N(C)C)c2)n1. The molecule has 0 saturated heterocycles. The zero-order valence-electron chi connectivity index (χ0n) is 19.4. The molecule has 1 heterocycles. The second kappa shape index (κ2) is 11.2. The summed E-state index contributed by atoms with van der Waals surface area (Å²) in [5.74, 6) is -1.47. The molecule has 3 rings (SSSR count). The molecule has 35 heavy (non-hydrogen) atoms. The topological polar surface area (TPSA) is 116 Å². The fraction of sp³-hybridized carbons (Fsp3) is 0.200. The monoisotopic (exact) mass is 491 g/mol. The molecule has 1 aromatic heterocycles. The lowest BCUT2D eigenvalue weighted by atomic mass is 10.1. The van der Waals surface area contributed by atoms with E-state index < -0.39 is 18.1 Å². The number of Topliss-reactive ketones (excluding diaryl/α,β-unsaturated/α-hetero) is 1. The molecule has 10 heteroatoms. The molecule has 0 spiro atoms. The summed E-state index contributed by atoms with van der Waals surface area (Å²) in [5.41, 5.74) is 1.41. The number of nitriles is 1. The Balaban J connectivity index is 2.01. The van der Waals surface area contributed by atoms with Gasteiger partial charge in [0.1, 0.15) is 0 Å². The maximum absolute atomic E-state index is 13.4. The molecule has 0 bridgehead atoms. The van der Waals surface area contributed by atoms with Crippen molar-refractivity contribution >= 4 is 34.9 Å². The van der Waals surface area contributed by atoms with Gasteiger partial charge >= 0.3 is 0 Å². The quantitative estimate of drug-likeness (QED) is 0.349. The van der Waals surface area contributed by atoms with Crippen molar-refractivity contribution in [2.45, 2.75) is 13.0 Å². The lowest BCUT2D eigenvalue weighted by Gasteiger charge is -2.24. The average Bonchev–Trinajstić information content (AvgIpc) is 2.86. The zero-order chi connectivity index (χ0) is 25.5. The van der Waals surface area contributed by atoms with E-state index in [9.17, 15) is 19.6 Å². The highest BCUT2D eigenvalue weighted by atomic mass is 35.5. The van der Waals surface area contributed by atoms with Gasteiger partial charge in [-0.15, -0.1) is 0 Å². The summed E-state index contributed by atoms with van der Waals surface area (Å²) in [6, 6.07) is 14.9. The Kier molecular flexibility index (Phi) is 8.12. The fourth-order valence-corrected chi connectivity index (χ4v) is 3.47. The lowest BCUT2D eigenvalue weighted by molar-refractivity contribution is -0.117. The number of ketones is 1. The highest BCUT2D eigenvalue weighted by Crippen LogP contribution is 2.24. The normalized spacial score (nSPS) is 10.3. The first-order valence-corrected chi connectivity index (χ1v) is 10.8. The fourth-order valence-electron chi connectivity index (χ4n) is 3.26. The third kappa shape index (κ3) is 6.40. The van der Waals surface area contributed by atoms with Crippen molar-refractivity contribution in [1.82, 2.24) is 14.9 Å². The van der Waals surface area contributed by atoms with E-state index in [2.05, 4.69) is 9.97 Å². The van der Waals surface area contributed by atoms with E-state index in [1.807, 2.05) is 6.07 Å². The van der Waals surface area contributed by atoms with E-state index >= 15 is 0 Å². The van der Waals surface area contributed by atoms with Gasteiger partial charge < -0.3 is 14.5 Å². The number of anilines is 1. The van der Waals surface area contributed by atoms with Crippen LogP contribution in [0.1, 0.15) is 38.5 Å². The Morgan fingerprint density at radius 2 is 1.89 bits per heavy atom. The summed E-state index contributed by atoms with van der Waals surface area (Å²) in [5, 5.41) is 10.00. The number of carbonyl (C=O) groups is 3. The molecule has 0 N–H and O–H groups in total. The van der Waals surface area contributed by atoms with Crippen LogP contribution in [-0.4, -0.2) is 53.7 Å². The number of rotatable bonds is 8. The number of benzene rings is 2. The number of carbonyl (C=O) groups excluding carboxylic acids is 3. The molecule has 9 nitrogen and oxygen atoms in total. The number of nitrogens with zero attached hydrogens (tertiary/aromatic N) is 5. The predicted octanol–water partition coefficient (Wildman–Crippen LogP) is 3.52. The van der Waals surface area contributed by atoms with Crippen LogP contribution in [0.15, 0.2) is 54.7 Å². The van der Waals surface area contributed by atoms with Crippen molar-refractivity contribution in [1.29, 1.82) is 5.26 Å². The predicted molar refractivity (Wildman–Crippen MR) is 129 cm³/mol. The Morgan fingerprint density at radius 1 is 1.11 bits per heavy atom. The van der Waals surface area contributed by atoms with Gasteiger partial charge in [-0.1, -0.05) is 23.7 Å². The lowest BCUT2D eigenvalue weighted by Crippen LogP contribution is -2.33. The van der Waals surface area contributed by atoms with Crippen LogP contribution in [0.5, 0.6) is 5.88 Å². The van der Waals surface area contributed by atoms with E-state index in [0.717, 1.165) is 0 Å². The van der Waals surface area contributed by atoms with Gasteiger partial charge in [0.05, 0.1) is 31.7 Å². The van der Waals surface area contributed by atoms with E-state index in [4.69, 9.17) is 16.3 Å². The Hall–Kier alpha value is -4.29. The number of ether oxygens (including phenoxy) is 1. The third-order valence-electron chi connectivity index (χ3n) is 4.94. The highest BCUT2D eigenvalue weighted by Gasteiger charge is 2.24. The minimum atomic E-state index is -0.606. The molecular weight excluding hydrogens is 470 g/mol. The van der Waals surface area contributed by atoms with Gasteiger partial charge in [0.15, 0.2) is 5.82 Å². The number of methoxy groups -OCH3 is 1. The minimum Gasteiger partial charge on any atom is -0.481 e. The van der Waals surface area contributed by atoms with Gasteiger partial charge in [0.2, 0.25) is 17.6 Å². The molecule has 2 aromatic carbocycles. The maximum Gasteiger partial charge on any atom is 0.253 e. The van der Waals surface area contributed by atoms with E-state index in [1.54, 1.807) is 38.4 Å². The van der Waals surface area contributed by atoms with E-state index in [1.165, 1.54) is 47.4 Å². The summed E-state index contributed by atoms with van der Waals surface area (Å²) in [7, 11) is 4.58. The number of aromatic nitrogens is 2. The first kappa shape index (κ1) is 25.3. The minimum absolute atomic E-state index is 0.0517. The molecule has 0 saturated carbocycles. The van der Waals surface area contributed by atoms with Crippen molar-refractivity contribution in [3.63, 3.8) is 0 Å². The van der Waals surface area contributed by atoms with Crippen molar-refractivity contribution in [2.24, 2.45) is 0 Å². The van der Waals surface area contributed by atoms with Gasteiger partial charge in [-0.05, 0) is 35.9 Å². The molecule has 2 amide bonds. The van der Waals surface area contributed by atoms with E-state index in [-0.39, 0.29) is 35.3 Å². The molecule has 0 aliphatic carbocycles. The molecule has 0 atom stereocenters. The van der Waals surface area contributed by atoms with E-state index in [0.29, 0.717) is 16.3 Å². The Labute approximate surface area is 207 Å². The molecule has 0 aliphatic heterocycles. The molecule has 0 fully saturated rings. The second-order valence-corrected chi connectivity index (χ2v) is 8.15. The summed E-state index contributed by atoms with van der Waals surface area (Å²) in [4.78, 5) is 49.4. The van der Waals surface area contributed by atoms with Crippen LogP contribution in [0.3, 0.4) is 0 Å². The smallest absolute Gasteiger partial charge is 0.253 e. The molecule has 0 radical (unpaired) electrons. The van der Waals surface area contributed by atoms with Gasteiger partial charge in [0.25, 0.3) is 5.91 Å².